The minimum atomic E-state index is 1.37. The highest BCUT2D eigenvalue weighted by molar-refractivity contribution is 7.38. The minimum Gasteiger partial charge on any atom is -0.0616 e. The van der Waals surface area contributed by atoms with E-state index in [0.29, 0.717) is 0 Å². The van der Waals surface area contributed by atoms with E-state index in [1.807, 2.05) is 0 Å². The molecule has 1 aliphatic rings. The average molecular weight is 170 g/mol. The molecule has 0 amide bonds. The lowest BCUT2D eigenvalue weighted by molar-refractivity contribution is 1.74. The van der Waals surface area contributed by atoms with E-state index < -0.39 is 0 Å². The van der Waals surface area contributed by atoms with E-state index in [1.54, 1.807) is 0 Å². The molecule has 56 valence electrons. The highest BCUT2D eigenvalue weighted by atomic mass is 31.0. The first-order valence-electron chi connectivity index (χ1n) is 4.01. The van der Waals surface area contributed by atoms with Gasteiger partial charge in [0.25, 0.3) is 0 Å². The van der Waals surface area contributed by atoms with Crippen molar-refractivity contribution in [2.24, 2.45) is 0 Å². The summed E-state index contributed by atoms with van der Waals surface area (Å²) in [6.07, 6.45) is 4.38. The Labute approximate surface area is 72.6 Å². The van der Waals surface area contributed by atoms with Crippen molar-refractivity contribution in [3.05, 3.63) is 41.2 Å². The molecule has 1 aliphatic carbocycles. The van der Waals surface area contributed by atoms with Gasteiger partial charge in [-0.3, -0.25) is 0 Å². The van der Waals surface area contributed by atoms with Gasteiger partial charge in [0.05, 0.1) is 0 Å². The van der Waals surface area contributed by atoms with E-state index >= 15 is 0 Å². The number of benzene rings is 1. The molecule has 1 aromatic carbocycles. The first-order chi connectivity index (χ1) is 5.93. The van der Waals surface area contributed by atoms with Gasteiger partial charge >= 0.3 is 0 Å². The molecule has 1 heterocycles. The second kappa shape index (κ2) is 2.18. The third-order valence-corrected chi connectivity index (χ3v) is 3.50. The number of rotatable bonds is 0. The van der Waals surface area contributed by atoms with Crippen LogP contribution in [0.2, 0.25) is 0 Å². The lowest BCUT2D eigenvalue weighted by Gasteiger charge is -2.10. The first-order valence-corrected chi connectivity index (χ1v) is 4.91. The standard InChI is InChI=1S/C11H7P/c1-2-4-10-8(3-1)7-9-5-6-11(9)12-10/h1-7H. The molecule has 0 aliphatic heterocycles. The maximum atomic E-state index is 2.27. The predicted molar refractivity (Wildman–Crippen MR) is 55.4 cm³/mol. The SMILES string of the molecule is C1=Cc2pc3ccccc3cc21. The lowest BCUT2D eigenvalue weighted by Crippen LogP contribution is -1.84. The van der Waals surface area contributed by atoms with E-state index in [-0.39, 0.29) is 0 Å². The molecule has 0 saturated carbocycles. The van der Waals surface area contributed by atoms with E-state index in [0.717, 1.165) is 0 Å². The predicted octanol–water partition coefficient (Wildman–Crippen LogP) is 3.90. The quantitative estimate of drug-likeness (QED) is 0.480. The number of fused-ring (bicyclic) bond motifs is 2. The molecule has 0 radical (unpaired) electrons. The number of hydrogen-bond donors (Lipinski definition) is 0. The Hall–Kier alpha value is -1.13. The van der Waals surface area contributed by atoms with Gasteiger partial charge in [0, 0.05) is 10.4 Å². The van der Waals surface area contributed by atoms with Gasteiger partial charge in [-0.1, -0.05) is 32.5 Å². The van der Waals surface area contributed by atoms with E-state index in [4.69, 9.17) is 0 Å². The molecule has 3 rings (SSSR count). The third-order valence-electron chi connectivity index (χ3n) is 2.21. The summed E-state index contributed by atoms with van der Waals surface area (Å²) in [6, 6.07) is 10.8. The molecule has 0 spiro atoms. The molecular formula is C11H7P. The maximum absolute atomic E-state index is 2.27. The van der Waals surface area contributed by atoms with Crippen molar-refractivity contribution in [1.29, 1.82) is 0 Å². The van der Waals surface area contributed by atoms with Gasteiger partial charge in [-0.15, -0.1) is 0 Å². The van der Waals surface area contributed by atoms with Gasteiger partial charge in [0.2, 0.25) is 0 Å². The number of hydrogen-bond acceptors (Lipinski definition) is 0. The topological polar surface area (TPSA) is 0 Å². The molecule has 1 aromatic heterocycles. The van der Waals surface area contributed by atoms with Gasteiger partial charge in [-0.05, 0) is 29.2 Å². The Morgan fingerprint density at radius 3 is 2.75 bits per heavy atom. The second-order valence-corrected chi connectivity index (χ2v) is 4.18. The van der Waals surface area contributed by atoms with Crippen LogP contribution in [-0.4, -0.2) is 0 Å². The highest BCUT2D eigenvalue weighted by Crippen LogP contribution is 2.36. The van der Waals surface area contributed by atoms with Crippen LogP contribution in [0.5, 0.6) is 0 Å². The summed E-state index contributed by atoms with van der Waals surface area (Å²) < 4.78 is 0. The summed E-state index contributed by atoms with van der Waals surface area (Å²) in [5.74, 6) is 0. The molecule has 2 aromatic rings. The van der Waals surface area contributed by atoms with Crippen LogP contribution < -0.4 is 0 Å². The largest absolute Gasteiger partial charge is 0.0616 e. The van der Waals surface area contributed by atoms with Crippen molar-refractivity contribution < 1.29 is 0 Å². The minimum absolute atomic E-state index is 1.37. The molecule has 0 bridgehead atoms. The fraction of sp³-hybridized carbons (Fsp3) is 0. The van der Waals surface area contributed by atoms with Crippen LogP contribution in [0.25, 0.3) is 22.7 Å². The van der Waals surface area contributed by atoms with Crippen molar-refractivity contribution in [2.75, 3.05) is 0 Å². The van der Waals surface area contributed by atoms with Crippen molar-refractivity contribution in [3.8, 4) is 0 Å². The van der Waals surface area contributed by atoms with Crippen LogP contribution in [0, 0.1) is 0 Å². The summed E-state index contributed by atoms with van der Waals surface area (Å²) in [6.45, 7) is 0. The first kappa shape index (κ1) is 6.39. The molecule has 0 fully saturated rings. The van der Waals surface area contributed by atoms with Crippen molar-refractivity contribution in [2.45, 2.75) is 0 Å². The third kappa shape index (κ3) is 0.761. The fourth-order valence-electron chi connectivity index (χ4n) is 1.49. The Bertz CT molecular complexity index is 439. The van der Waals surface area contributed by atoms with Crippen molar-refractivity contribution >= 4 is 30.8 Å². The summed E-state index contributed by atoms with van der Waals surface area (Å²) in [4.78, 5) is 0. The van der Waals surface area contributed by atoms with Crippen LogP contribution in [0.3, 0.4) is 0 Å². The van der Waals surface area contributed by atoms with Crippen molar-refractivity contribution in [3.63, 3.8) is 0 Å². The average Bonchev–Trinajstić information content (AvgIpc) is 2.09. The zero-order chi connectivity index (χ0) is 7.97. The fourth-order valence-corrected chi connectivity index (χ4v) is 2.59. The molecule has 0 atom stereocenters. The lowest BCUT2D eigenvalue weighted by atomic mass is 10.1. The van der Waals surface area contributed by atoms with Crippen LogP contribution in [0.15, 0.2) is 30.3 Å². The Morgan fingerprint density at radius 1 is 1.00 bits per heavy atom. The summed E-state index contributed by atoms with van der Waals surface area (Å²) in [5, 5.41) is 4.27. The van der Waals surface area contributed by atoms with E-state index in [1.165, 1.54) is 29.6 Å². The molecule has 12 heavy (non-hydrogen) atoms. The monoisotopic (exact) mass is 170 g/mol. The Balaban J connectivity index is 2.46. The summed E-state index contributed by atoms with van der Waals surface area (Å²) >= 11 is 0. The van der Waals surface area contributed by atoms with Gasteiger partial charge < -0.3 is 0 Å². The Kier molecular flexibility index (Phi) is 1.16. The molecule has 0 nitrogen and oxygen atoms in total. The van der Waals surface area contributed by atoms with Crippen LogP contribution >= 0.6 is 8.19 Å². The van der Waals surface area contributed by atoms with E-state index in [2.05, 4.69) is 42.5 Å². The zero-order valence-corrected chi connectivity index (χ0v) is 7.38. The summed E-state index contributed by atoms with van der Waals surface area (Å²) in [5.41, 5.74) is 1.41. The van der Waals surface area contributed by atoms with Crippen LogP contribution in [-0.2, 0) is 0 Å². The second-order valence-electron chi connectivity index (χ2n) is 2.99. The van der Waals surface area contributed by atoms with E-state index in [9.17, 15) is 0 Å². The highest BCUT2D eigenvalue weighted by Gasteiger charge is 2.06. The zero-order valence-electron chi connectivity index (χ0n) is 6.49. The molecule has 0 unspecified atom stereocenters. The summed E-state index contributed by atoms with van der Waals surface area (Å²) in [7, 11) is 1.37. The van der Waals surface area contributed by atoms with Crippen molar-refractivity contribution in [1.82, 2.24) is 0 Å². The Morgan fingerprint density at radius 2 is 1.92 bits per heavy atom. The van der Waals surface area contributed by atoms with Crippen LogP contribution in [0.4, 0.5) is 0 Å². The van der Waals surface area contributed by atoms with Gasteiger partial charge in [-0.2, -0.15) is 0 Å². The normalized spacial score (nSPS) is 13.3. The maximum Gasteiger partial charge on any atom is 0.00965 e. The smallest absolute Gasteiger partial charge is 0.00965 e. The van der Waals surface area contributed by atoms with Crippen LogP contribution in [0.1, 0.15) is 10.9 Å². The molecular weight excluding hydrogens is 163 g/mol. The molecule has 1 heteroatoms. The van der Waals surface area contributed by atoms with Gasteiger partial charge in [0.15, 0.2) is 0 Å². The molecule has 0 N–H and O–H groups in total. The molecule has 0 saturated heterocycles. The van der Waals surface area contributed by atoms with Gasteiger partial charge in [0.1, 0.15) is 0 Å². The van der Waals surface area contributed by atoms with Gasteiger partial charge in [-0.25, -0.2) is 0 Å².